The number of rotatable bonds is 6. The van der Waals surface area contributed by atoms with Crippen molar-refractivity contribution in [3.05, 3.63) is 29.3 Å². The van der Waals surface area contributed by atoms with Crippen LogP contribution in [0.15, 0.2) is 18.2 Å². The lowest BCUT2D eigenvalue weighted by atomic mass is 10.0. The van der Waals surface area contributed by atoms with Gasteiger partial charge >= 0.3 is 0 Å². The predicted molar refractivity (Wildman–Crippen MR) is 73.9 cm³/mol. The number of ether oxygens (including phenoxy) is 1. The van der Waals surface area contributed by atoms with Gasteiger partial charge in [-0.05, 0) is 48.6 Å². The fourth-order valence-electron chi connectivity index (χ4n) is 1.53. The van der Waals surface area contributed by atoms with Crippen LogP contribution in [0.3, 0.4) is 0 Å². The van der Waals surface area contributed by atoms with Gasteiger partial charge < -0.3 is 4.74 Å². The Kier molecular flexibility index (Phi) is 5.75. The molecular formula is C14H22OS. The third-order valence-corrected chi connectivity index (χ3v) is 3.01. The van der Waals surface area contributed by atoms with Crippen LogP contribution in [0.2, 0.25) is 0 Å². The number of aryl methyl sites for hydroxylation is 1. The third-order valence-electron chi connectivity index (χ3n) is 2.69. The summed E-state index contributed by atoms with van der Waals surface area (Å²) in [5.41, 5.74) is 2.56. The minimum Gasteiger partial charge on any atom is -0.493 e. The van der Waals surface area contributed by atoms with Crippen LogP contribution in [0, 0.1) is 6.92 Å². The van der Waals surface area contributed by atoms with Crippen molar-refractivity contribution in [3.8, 4) is 5.75 Å². The molecule has 0 fully saturated rings. The number of hydrogen-bond acceptors (Lipinski definition) is 2. The fourth-order valence-corrected chi connectivity index (χ4v) is 1.75. The Morgan fingerprint density at radius 2 is 2.00 bits per heavy atom. The minimum absolute atomic E-state index is 0.556. The van der Waals surface area contributed by atoms with Gasteiger partial charge in [-0.2, -0.15) is 12.6 Å². The van der Waals surface area contributed by atoms with Gasteiger partial charge in [0.1, 0.15) is 5.75 Å². The summed E-state index contributed by atoms with van der Waals surface area (Å²) in [6.07, 6.45) is 2.20. The highest BCUT2D eigenvalue weighted by molar-refractivity contribution is 7.80. The molecule has 1 rings (SSSR count). The van der Waals surface area contributed by atoms with E-state index in [1.807, 2.05) is 0 Å². The Bertz CT molecular complexity index is 321. The van der Waals surface area contributed by atoms with Crippen LogP contribution in [-0.4, -0.2) is 12.4 Å². The maximum absolute atomic E-state index is 5.80. The first-order valence-corrected chi connectivity index (χ1v) is 6.62. The molecule has 0 amide bonds. The van der Waals surface area contributed by atoms with E-state index in [0.717, 1.165) is 31.0 Å². The van der Waals surface area contributed by atoms with Crippen molar-refractivity contribution in [2.24, 2.45) is 0 Å². The van der Waals surface area contributed by atoms with Gasteiger partial charge in [-0.1, -0.05) is 26.0 Å². The van der Waals surface area contributed by atoms with Gasteiger partial charge in [0, 0.05) is 0 Å². The molecule has 0 aliphatic rings. The molecule has 0 aliphatic heterocycles. The number of unbranched alkanes of at least 4 members (excludes halogenated alkanes) is 1. The molecule has 90 valence electrons. The number of benzene rings is 1. The zero-order chi connectivity index (χ0) is 12.0. The molecule has 0 aromatic heterocycles. The largest absolute Gasteiger partial charge is 0.493 e. The monoisotopic (exact) mass is 238 g/mol. The average Bonchev–Trinajstić information content (AvgIpc) is 2.26. The van der Waals surface area contributed by atoms with Gasteiger partial charge in [0.25, 0.3) is 0 Å². The third kappa shape index (κ3) is 4.09. The highest BCUT2D eigenvalue weighted by Gasteiger charge is 2.04. The fraction of sp³-hybridized carbons (Fsp3) is 0.571. The molecule has 0 unspecified atom stereocenters. The van der Waals surface area contributed by atoms with E-state index in [9.17, 15) is 0 Å². The molecule has 0 aliphatic carbocycles. The number of hydrogen-bond donors (Lipinski definition) is 1. The summed E-state index contributed by atoms with van der Waals surface area (Å²) in [5.74, 6) is 2.53. The number of thiol groups is 1. The quantitative estimate of drug-likeness (QED) is 0.577. The summed E-state index contributed by atoms with van der Waals surface area (Å²) in [6, 6.07) is 6.49. The molecule has 0 N–H and O–H groups in total. The molecule has 0 saturated carbocycles. The molecule has 0 atom stereocenters. The van der Waals surface area contributed by atoms with Crippen molar-refractivity contribution in [1.82, 2.24) is 0 Å². The standard InChI is InChI=1S/C14H22OS/c1-11(2)13-7-6-12(3)14(10-13)15-8-4-5-9-16/h6-7,10-11,16H,4-5,8-9H2,1-3H3. The molecule has 0 heterocycles. The summed E-state index contributed by atoms with van der Waals surface area (Å²) in [4.78, 5) is 0. The molecule has 0 spiro atoms. The summed E-state index contributed by atoms with van der Waals surface area (Å²) in [7, 11) is 0. The van der Waals surface area contributed by atoms with Crippen LogP contribution in [0.25, 0.3) is 0 Å². The van der Waals surface area contributed by atoms with Crippen molar-refractivity contribution in [1.29, 1.82) is 0 Å². The van der Waals surface area contributed by atoms with Gasteiger partial charge in [-0.25, -0.2) is 0 Å². The van der Waals surface area contributed by atoms with Gasteiger partial charge in [-0.3, -0.25) is 0 Å². The molecule has 0 saturated heterocycles. The Morgan fingerprint density at radius 1 is 1.25 bits per heavy atom. The van der Waals surface area contributed by atoms with E-state index in [4.69, 9.17) is 4.74 Å². The lowest BCUT2D eigenvalue weighted by Gasteiger charge is -2.12. The van der Waals surface area contributed by atoms with Crippen LogP contribution >= 0.6 is 12.6 Å². The van der Waals surface area contributed by atoms with E-state index in [-0.39, 0.29) is 0 Å². The SMILES string of the molecule is Cc1ccc(C(C)C)cc1OCCCCS. The minimum atomic E-state index is 0.556. The Labute approximate surface area is 105 Å². The van der Waals surface area contributed by atoms with Crippen LogP contribution in [-0.2, 0) is 0 Å². The van der Waals surface area contributed by atoms with Crippen molar-refractivity contribution in [3.63, 3.8) is 0 Å². The van der Waals surface area contributed by atoms with E-state index in [2.05, 4.69) is 51.6 Å². The highest BCUT2D eigenvalue weighted by Crippen LogP contribution is 2.24. The molecule has 0 radical (unpaired) electrons. The van der Waals surface area contributed by atoms with Gasteiger partial charge in [0.15, 0.2) is 0 Å². The Morgan fingerprint density at radius 3 is 2.62 bits per heavy atom. The first kappa shape index (κ1) is 13.4. The van der Waals surface area contributed by atoms with Crippen LogP contribution in [0.4, 0.5) is 0 Å². The second kappa shape index (κ2) is 6.85. The van der Waals surface area contributed by atoms with Crippen molar-refractivity contribution < 1.29 is 4.74 Å². The molecule has 1 nitrogen and oxygen atoms in total. The summed E-state index contributed by atoms with van der Waals surface area (Å²) in [5, 5.41) is 0. The zero-order valence-corrected chi connectivity index (χ0v) is 11.4. The molecule has 1 aromatic carbocycles. The Hall–Kier alpha value is -0.630. The molecule has 0 bridgehead atoms. The van der Waals surface area contributed by atoms with Gasteiger partial charge in [-0.15, -0.1) is 0 Å². The smallest absolute Gasteiger partial charge is 0.122 e. The van der Waals surface area contributed by atoms with E-state index < -0.39 is 0 Å². The lowest BCUT2D eigenvalue weighted by molar-refractivity contribution is 0.307. The van der Waals surface area contributed by atoms with Crippen LogP contribution in [0.1, 0.15) is 43.7 Å². The maximum Gasteiger partial charge on any atom is 0.122 e. The summed E-state index contributed by atoms with van der Waals surface area (Å²) < 4.78 is 5.80. The summed E-state index contributed by atoms with van der Waals surface area (Å²) >= 11 is 4.19. The zero-order valence-electron chi connectivity index (χ0n) is 10.5. The molecule has 1 aromatic rings. The maximum atomic E-state index is 5.80. The molecule has 2 heteroatoms. The average molecular weight is 238 g/mol. The topological polar surface area (TPSA) is 9.23 Å². The van der Waals surface area contributed by atoms with E-state index >= 15 is 0 Å². The second-order valence-corrected chi connectivity index (χ2v) is 4.91. The van der Waals surface area contributed by atoms with Gasteiger partial charge in [0.05, 0.1) is 6.61 Å². The van der Waals surface area contributed by atoms with Crippen molar-refractivity contribution in [2.45, 2.75) is 39.5 Å². The van der Waals surface area contributed by atoms with E-state index in [0.29, 0.717) is 5.92 Å². The predicted octanol–water partition coefficient (Wildman–Crippen LogP) is 4.21. The van der Waals surface area contributed by atoms with E-state index in [1.165, 1.54) is 11.1 Å². The van der Waals surface area contributed by atoms with Crippen LogP contribution < -0.4 is 4.74 Å². The van der Waals surface area contributed by atoms with Gasteiger partial charge in [0.2, 0.25) is 0 Å². The lowest BCUT2D eigenvalue weighted by Crippen LogP contribution is -2.00. The van der Waals surface area contributed by atoms with Crippen molar-refractivity contribution in [2.75, 3.05) is 12.4 Å². The first-order valence-electron chi connectivity index (χ1n) is 5.99. The molecule has 16 heavy (non-hydrogen) atoms. The highest BCUT2D eigenvalue weighted by atomic mass is 32.1. The normalized spacial score (nSPS) is 10.8. The second-order valence-electron chi connectivity index (χ2n) is 4.46. The van der Waals surface area contributed by atoms with Crippen LogP contribution in [0.5, 0.6) is 5.75 Å². The first-order chi connectivity index (χ1) is 7.65. The molecular weight excluding hydrogens is 216 g/mol. The Balaban J connectivity index is 2.60. The van der Waals surface area contributed by atoms with E-state index in [1.54, 1.807) is 0 Å². The summed E-state index contributed by atoms with van der Waals surface area (Å²) in [6.45, 7) is 7.30. The van der Waals surface area contributed by atoms with Crippen molar-refractivity contribution >= 4 is 12.6 Å².